The summed E-state index contributed by atoms with van der Waals surface area (Å²) >= 11 is 0. The van der Waals surface area contributed by atoms with E-state index < -0.39 is 0 Å². The zero-order valence-corrected chi connectivity index (χ0v) is 9.53. The summed E-state index contributed by atoms with van der Waals surface area (Å²) in [7, 11) is 0. The number of halogens is 1. The molecule has 92 valence electrons. The normalized spacial score (nSPS) is 20.2. The van der Waals surface area contributed by atoms with Gasteiger partial charge in [0.15, 0.2) is 0 Å². The topological polar surface area (TPSA) is 58.4 Å². The summed E-state index contributed by atoms with van der Waals surface area (Å²) in [5.41, 5.74) is 6.10. The van der Waals surface area contributed by atoms with Crippen LogP contribution in [0.2, 0.25) is 0 Å². The lowest BCUT2D eigenvalue weighted by molar-refractivity contribution is 0.236. The third-order valence-corrected chi connectivity index (χ3v) is 2.92. The Morgan fingerprint density at radius 1 is 1.53 bits per heavy atom. The van der Waals surface area contributed by atoms with Crippen LogP contribution in [0.1, 0.15) is 6.42 Å². The number of hydrogen-bond acceptors (Lipinski definition) is 2. The van der Waals surface area contributed by atoms with Crippen molar-refractivity contribution in [2.24, 2.45) is 11.7 Å². The zero-order chi connectivity index (χ0) is 12.3. The highest BCUT2D eigenvalue weighted by Gasteiger charge is 2.25. The molecule has 1 saturated heterocycles. The van der Waals surface area contributed by atoms with Crippen LogP contribution in [0.4, 0.5) is 14.9 Å². The van der Waals surface area contributed by atoms with Crippen molar-refractivity contribution < 1.29 is 9.18 Å². The smallest absolute Gasteiger partial charge is 0.321 e. The predicted octanol–water partition coefficient (Wildman–Crippen LogP) is 1.32. The van der Waals surface area contributed by atoms with Gasteiger partial charge in [-0.05, 0) is 37.1 Å². The van der Waals surface area contributed by atoms with E-state index in [1.54, 1.807) is 17.0 Å². The fraction of sp³-hybridized carbons (Fsp3) is 0.417. The van der Waals surface area contributed by atoms with E-state index in [-0.39, 0.29) is 11.8 Å². The fourth-order valence-corrected chi connectivity index (χ4v) is 2.03. The van der Waals surface area contributed by atoms with Gasteiger partial charge in [-0.3, -0.25) is 4.90 Å². The molecule has 0 radical (unpaired) electrons. The number of urea groups is 1. The van der Waals surface area contributed by atoms with Crippen molar-refractivity contribution in [1.29, 1.82) is 0 Å². The van der Waals surface area contributed by atoms with Crippen LogP contribution < -0.4 is 16.0 Å². The lowest BCUT2D eigenvalue weighted by atomic mass is 10.0. The van der Waals surface area contributed by atoms with Gasteiger partial charge in [-0.25, -0.2) is 9.18 Å². The summed E-state index contributed by atoms with van der Waals surface area (Å²) in [4.78, 5) is 13.3. The van der Waals surface area contributed by atoms with E-state index in [2.05, 4.69) is 5.32 Å². The molecule has 1 aromatic rings. The Labute approximate surface area is 99.6 Å². The molecule has 1 fully saturated rings. The highest BCUT2D eigenvalue weighted by molar-refractivity contribution is 5.92. The Kier molecular flexibility index (Phi) is 3.58. The molecule has 1 heterocycles. The van der Waals surface area contributed by atoms with Gasteiger partial charge in [0, 0.05) is 18.8 Å². The monoisotopic (exact) mass is 237 g/mol. The summed E-state index contributed by atoms with van der Waals surface area (Å²) in [5.74, 6) is -0.0165. The minimum Gasteiger partial charge on any atom is -0.337 e. The van der Waals surface area contributed by atoms with Crippen LogP contribution in [0.25, 0.3) is 0 Å². The maximum Gasteiger partial charge on any atom is 0.321 e. The molecule has 2 amide bonds. The van der Waals surface area contributed by atoms with Crippen molar-refractivity contribution in [3.05, 3.63) is 30.1 Å². The minimum atomic E-state index is -0.337. The average Bonchev–Trinajstić information content (AvgIpc) is 2.32. The Morgan fingerprint density at radius 3 is 3.06 bits per heavy atom. The van der Waals surface area contributed by atoms with Crippen LogP contribution >= 0.6 is 0 Å². The van der Waals surface area contributed by atoms with Gasteiger partial charge in [-0.2, -0.15) is 0 Å². The number of amides is 2. The molecule has 0 aliphatic carbocycles. The quantitative estimate of drug-likeness (QED) is 0.833. The lowest BCUT2D eigenvalue weighted by Crippen LogP contribution is -2.51. The first-order valence-electron chi connectivity index (χ1n) is 5.71. The molecule has 3 N–H and O–H groups in total. The highest BCUT2D eigenvalue weighted by atomic mass is 19.1. The molecule has 0 bridgehead atoms. The Hall–Kier alpha value is -1.62. The Balaban J connectivity index is 2.15. The van der Waals surface area contributed by atoms with Gasteiger partial charge in [-0.1, -0.05) is 6.07 Å². The van der Waals surface area contributed by atoms with Gasteiger partial charge in [-0.15, -0.1) is 0 Å². The number of hydrogen-bond donors (Lipinski definition) is 2. The van der Waals surface area contributed by atoms with Crippen LogP contribution in [-0.2, 0) is 0 Å². The second-order valence-corrected chi connectivity index (χ2v) is 4.22. The van der Waals surface area contributed by atoms with E-state index >= 15 is 0 Å². The number of carbonyl (C=O) groups is 1. The Morgan fingerprint density at radius 2 is 2.35 bits per heavy atom. The molecular formula is C12H16FN3O. The lowest BCUT2D eigenvalue weighted by Gasteiger charge is -2.33. The first-order valence-corrected chi connectivity index (χ1v) is 5.71. The molecule has 0 saturated carbocycles. The number of carbonyl (C=O) groups excluding carboxylic acids is 1. The summed E-state index contributed by atoms with van der Waals surface area (Å²) in [6.45, 7) is 1.83. The number of benzene rings is 1. The minimum absolute atomic E-state index is 0.177. The molecule has 1 aliphatic heterocycles. The standard InChI is InChI=1S/C12H16FN3O/c13-10-2-1-3-11(6-10)16-8-9(4-5-14)7-15-12(16)17/h1-3,6,9H,4-5,7-8,14H2,(H,15,17). The highest BCUT2D eigenvalue weighted by Crippen LogP contribution is 2.20. The average molecular weight is 237 g/mol. The number of anilines is 1. The molecular weight excluding hydrogens is 221 g/mol. The third kappa shape index (κ3) is 2.74. The third-order valence-electron chi connectivity index (χ3n) is 2.92. The number of nitrogens with zero attached hydrogens (tertiary/aromatic N) is 1. The first-order chi connectivity index (χ1) is 8.20. The van der Waals surface area contributed by atoms with Gasteiger partial charge < -0.3 is 11.1 Å². The number of nitrogens with one attached hydrogen (secondary N) is 1. The van der Waals surface area contributed by atoms with Gasteiger partial charge in [0.05, 0.1) is 0 Å². The predicted molar refractivity (Wildman–Crippen MR) is 64.3 cm³/mol. The van der Waals surface area contributed by atoms with E-state index in [1.165, 1.54) is 12.1 Å². The van der Waals surface area contributed by atoms with E-state index in [1.807, 2.05) is 0 Å². The van der Waals surface area contributed by atoms with E-state index in [4.69, 9.17) is 5.73 Å². The molecule has 1 atom stereocenters. The summed E-state index contributed by atoms with van der Waals surface area (Å²) in [5, 5.41) is 2.79. The number of nitrogens with two attached hydrogens (primary N) is 1. The van der Waals surface area contributed by atoms with E-state index in [0.717, 1.165) is 6.42 Å². The molecule has 4 nitrogen and oxygen atoms in total. The second-order valence-electron chi connectivity index (χ2n) is 4.22. The van der Waals surface area contributed by atoms with Crippen LogP contribution in [0.15, 0.2) is 24.3 Å². The van der Waals surface area contributed by atoms with E-state index in [9.17, 15) is 9.18 Å². The van der Waals surface area contributed by atoms with E-state index in [0.29, 0.717) is 31.2 Å². The molecule has 0 aromatic heterocycles. The van der Waals surface area contributed by atoms with Crippen LogP contribution in [0.3, 0.4) is 0 Å². The molecule has 2 rings (SSSR count). The fourth-order valence-electron chi connectivity index (χ4n) is 2.03. The summed E-state index contributed by atoms with van der Waals surface area (Å²) < 4.78 is 13.1. The van der Waals surface area contributed by atoms with Crippen molar-refractivity contribution in [3.8, 4) is 0 Å². The molecule has 17 heavy (non-hydrogen) atoms. The zero-order valence-electron chi connectivity index (χ0n) is 9.53. The van der Waals surface area contributed by atoms with Crippen molar-refractivity contribution >= 4 is 11.7 Å². The van der Waals surface area contributed by atoms with Crippen molar-refractivity contribution in [3.63, 3.8) is 0 Å². The van der Waals surface area contributed by atoms with Crippen molar-refractivity contribution in [1.82, 2.24) is 5.32 Å². The first kappa shape index (κ1) is 11.9. The SMILES string of the molecule is NCCC1CNC(=O)N(c2cccc(F)c2)C1. The van der Waals surface area contributed by atoms with Gasteiger partial charge >= 0.3 is 6.03 Å². The number of rotatable bonds is 3. The molecule has 1 aromatic carbocycles. The Bertz CT molecular complexity index is 410. The van der Waals surface area contributed by atoms with Crippen LogP contribution in [-0.4, -0.2) is 25.7 Å². The van der Waals surface area contributed by atoms with Crippen LogP contribution in [0, 0.1) is 11.7 Å². The largest absolute Gasteiger partial charge is 0.337 e. The molecule has 1 unspecified atom stereocenters. The molecule has 5 heteroatoms. The van der Waals surface area contributed by atoms with Gasteiger partial charge in [0.2, 0.25) is 0 Å². The summed E-state index contributed by atoms with van der Waals surface area (Å²) in [6, 6.07) is 5.88. The van der Waals surface area contributed by atoms with Gasteiger partial charge in [0.25, 0.3) is 0 Å². The maximum absolute atomic E-state index is 13.1. The van der Waals surface area contributed by atoms with Crippen LogP contribution in [0.5, 0.6) is 0 Å². The van der Waals surface area contributed by atoms with Crippen molar-refractivity contribution in [2.75, 3.05) is 24.5 Å². The maximum atomic E-state index is 13.1. The molecule has 0 spiro atoms. The summed E-state index contributed by atoms with van der Waals surface area (Å²) in [6.07, 6.45) is 0.853. The van der Waals surface area contributed by atoms with Gasteiger partial charge in [0.1, 0.15) is 5.82 Å². The molecule has 1 aliphatic rings. The second kappa shape index (κ2) is 5.14. The van der Waals surface area contributed by atoms with Crippen molar-refractivity contribution in [2.45, 2.75) is 6.42 Å².